The van der Waals surface area contributed by atoms with Crippen molar-refractivity contribution in [2.45, 2.75) is 24.7 Å². The van der Waals surface area contributed by atoms with Gasteiger partial charge in [-0.3, -0.25) is 5.14 Å². The Morgan fingerprint density at radius 2 is 1.76 bits per heavy atom. The van der Waals surface area contributed by atoms with Crippen LogP contribution in [0.25, 0.3) is 0 Å². The first-order chi connectivity index (χ1) is 14.0. The number of aliphatic hydroxyl groups is 2. The molecule has 7 nitrogen and oxygen atoms in total. The van der Waals surface area contributed by atoms with Crippen LogP contribution in [0.2, 0.25) is 0 Å². The van der Waals surface area contributed by atoms with Crippen LogP contribution in [0.1, 0.15) is 30.1 Å². The highest BCUT2D eigenvalue weighted by atomic mass is 32.2. The molecule has 29 heavy (non-hydrogen) atoms. The van der Waals surface area contributed by atoms with E-state index in [0.29, 0.717) is 48.0 Å². The molecule has 2 rings (SSSR count). The molecule has 0 spiro atoms. The number of rotatable bonds is 11. The Balaban J connectivity index is 2.67. The van der Waals surface area contributed by atoms with Gasteiger partial charge < -0.3 is 25.0 Å². The molecular formula is C21H28N2O5S. The summed E-state index contributed by atoms with van der Waals surface area (Å²) < 4.78 is 6.19. The lowest BCUT2D eigenvalue weighted by atomic mass is 10.1. The number of hydrogen-bond acceptors (Lipinski definition) is 6. The summed E-state index contributed by atoms with van der Waals surface area (Å²) in [6.07, 6.45) is 0.994. The molecule has 2 aromatic rings. The van der Waals surface area contributed by atoms with Crippen molar-refractivity contribution in [3.63, 3.8) is 0 Å². The maximum Gasteiger partial charge on any atom is 0.335 e. The van der Waals surface area contributed by atoms with Gasteiger partial charge >= 0.3 is 5.97 Å². The molecule has 0 aliphatic carbocycles. The number of anilines is 1. The Labute approximate surface area is 173 Å². The molecule has 0 aliphatic rings. The molecule has 0 saturated carbocycles. The Hall–Kier alpha value is -2.39. The van der Waals surface area contributed by atoms with E-state index < -0.39 is 16.6 Å². The SMILES string of the molecule is C/C=S(\N)c1cc(C(=O)O)cc(N(CCCO)CCCO)c1Oc1ccccc1. The van der Waals surface area contributed by atoms with E-state index in [4.69, 9.17) is 9.88 Å². The van der Waals surface area contributed by atoms with Crippen LogP contribution in [0.3, 0.4) is 0 Å². The third-order valence-corrected chi connectivity index (χ3v) is 5.59. The Morgan fingerprint density at radius 1 is 1.14 bits per heavy atom. The first kappa shape index (κ1) is 22.9. The highest BCUT2D eigenvalue weighted by Crippen LogP contribution is 2.42. The number of ether oxygens (including phenoxy) is 1. The number of carbonyl (C=O) groups is 1. The van der Waals surface area contributed by atoms with Gasteiger partial charge in [-0.1, -0.05) is 28.9 Å². The van der Waals surface area contributed by atoms with E-state index in [2.05, 4.69) is 0 Å². The fourth-order valence-corrected chi connectivity index (χ4v) is 3.71. The highest BCUT2D eigenvalue weighted by Gasteiger charge is 2.21. The standard InChI is InChI=1S/C21H28N2O5S/c1-2-29(22)19-15-16(21(26)27)14-18(23(10-6-12-24)11-7-13-25)20(19)28-17-8-4-3-5-9-17/h2-5,8-9,14-15,24-25H,6-7,10-13,22H2,1H3,(H,26,27). The van der Waals surface area contributed by atoms with Gasteiger partial charge in [0.05, 0.1) is 16.1 Å². The highest BCUT2D eigenvalue weighted by molar-refractivity contribution is 8.13. The molecule has 2 aromatic carbocycles. The van der Waals surface area contributed by atoms with Crippen LogP contribution in [-0.2, 0) is 0 Å². The molecule has 1 atom stereocenters. The molecule has 5 N–H and O–H groups in total. The smallest absolute Gasteiger partial charge is 0.335 e. The van der Waals surface area contributed by atoms with Crippen molar-refractivity contribution in [1.29, 1.82) is 0 Å². The molecule has 0 radical (unpaired) electrons. The second-order valence-corrected chi connectivity index (χ2v) is 7.95. The fraction of sp³-hybridized carbons (Fsp3) is 0.333. The van der Waals surface area contributed by atoms with Crippen molar-refractivity contribution in [1.82, 2.24) is 0 Å². The monoisotopic (exact) mass is 420 g/mol. The fourth-order valence-electron chi connectivity index (χ4n) is 2.83. The van der Waals surface area contributed by atoms with E-state index in [9.17, 15) is 20.1 Å². The lowest BCUT2D eigenvalue weighted by Gasteiger charge is -2.28. The number of carboxylic acid groups (broad SMARTS) is 1. The quantitative estimate of drug-likeness (QED) is 0.413. The normalized spacial score (nSPS) is 12.0. The zero-order valence-corrected chi connectivity index (χ0v) is 17.3. The van der Waals surface area contributed by atoms with Crippen LogP contribution in [0, 0.1) is 0 Å². The lowest BCUT2D eigenvalue weighted by Crippen LogP contribution is -2.28. The number of nitrogens with two attached hydrogens (primary N) is 1. The summed E-state index contributed by atoms with van der Waals surface area (Å²) in [7, 11) is -0.829. The summed E-state index contributed by atoms with van der Waals surface area (Å²) in [4.78, 5) is 14.3. The summed E-state index contributed by atoms with van der Waals surface area (Å²) in [6.45, 7) is 2.79. The van der Waals surface area contributed by atoms with Gasteiger partial charge in [0.2, 0.25) is 0 Å². The third kappa shape index (κ3) is 6.30. The molecule has 0 amide bonds. The molecule has 1 unspecified atom stereocenters. The molecule has 0 saturated heterocycles. The molecule has 0 aromatic heterocycles. The minimum Gasteiger partial charge on any atom is -0.478 e. The second-order valence-electron chi connectivity index (χ2n) is 6.29. The van der Waals surface area contributed by atoms with E-state index in [0.717, 1.165) is 0 Å². The van der Waals surface area contributed by atoms with Gasteiger partial charge in [-0.25, -0.2) is 4.79 Å². The largest absolute Gasteiger partial charge is 0.478 e. The molecule has 0 heterocycles. The van der Waals surface area contributed by atoms with Crippen molar-refractivity contribution in [2.24, 2.45) is 5.14 Å². The minimum atomic E-state index is -1.06. The van der Waals surface area contributed by atoms with Crippen LogP contribution >= 0.6 is 10.7 Å². The molecule has 0 aliphatic heterocycles. The Bertz CT molecular complexity index is 834. The van der Waals surface area contributed by atoms with E-state index >= 15 is 0 Å². The van der Waals surface area contributed by atoms with Crippen LogP contribution in [0.5, 0.6) is 11.5 Å². The number of nitrogens with zero attached hydrogens (tertiary/aromatic N) is 1. The number of hydrogen-bond donors (Lipinski definition) is 4. The zero-order chi connectivity index (χ0) is 21.2. The first-order valence-electron chi connectivity index (χ1n) is 9.39. The van der Waals surface area contributed by atoms with Gasteiger partial charge in [-0.05, 0) is 49.4 Å². The van der Waals surface area contributed by atoms with Crippen LogP contribution in [-0.4, -0.2) is 53.0 Å². The van der Waals surface area contributed by atoms with Gasteiger partial charge in [0, 0.05) is 26.3 Å². The minimum absolute atomic E-state index is 0.0000190. The average molecular weight is 421 g/mol. The topological polar surface area (TPSA) is 116 Å². The summed E-state index contributed by atoms with van der Waals surface area (Å²) in [5, 5.41) is 36.3. The lowest BCUT2D eigenvalue weighted by molar-refractivity contribution is 0.0696. The van der Waals surface area contributed by atoms with Crippen LogP contribution in [0.15, 0.2) is 47.4 Å². The summed E-state index contributed by atoms with van der Waals surface area (Å²) >= 11 is 0. The number of para-hydroxylation sites is 1. The summed E-state index contributed by atoms with van der Waals surface area (Å²) in [6, 6.07) is 12.3. The van der Waals surface area contributed by atoms with Crippen molar-refractivity contribution >= 4 is 27.7 Å². The number of aromatic carboxylic acids is 1. The molecule has 8 heteroatoms. The Morgan fingerprint density at radius 3 is 2.28 bits per heavy atom. The number of benzene rings is 2. The summed E-state index contributed by atoms with van der Waals surface area (Å²) in [5.41, 5.74) is 0.689. The van der Waals surface area contributed by atoms with E-state index in [1.165, 1.54) is 0 Å². The maximum atomic E-state index is 11.7. The van der Waals surface area contributed by atoms with Crippen molar-refractivity contribution < 1.29 is 24.9 Å². The van der Waals surface area contributed by atoms with E-state index in [-0.39, 0.29) is 18.8 Å². The molecule has 158 valence electrons. The van der Waals surface area contributed by atoms with E-state index in [1.54, 1.807) is 17.5 Å². The predicted molar refractivity (Wildman–Crippen MR) is 117 cm³/mol. The molecular weight excluding hydrogens is 392 g/mol. The van der Waals surface area contributed by atoms with Crippen molar-refractivity contribution in [2.75, 3.05) is 31.2 Å². The van der Waals surface area contributed by atoms with Crippen molar-refractivity contribution in [3.8, 4) is 11.5 Å². The second kappa shape index (κ2) is 11.6. The number of carboxylic acids is 1. The summed E-state index contributed by atoms with van der Waals surface area (Å²) in [5.74, 6) is 0.0348. The zero-order valence-electron chi connectivity index (χ0n) is 16.5. The first-order valence-corrected chi connectivity index (χ1v) is 10.7. The van der Waals surface area contributed by atoms with Crippen LogP contribution in [0.4, 0.5) is 5.69 Å². The van der Waals surface area contributed by atoms with E-state index in [1.807, 2.05) is 42.2 Å². The van der Waals surface area contributed by atoms with Gasteiger partial charge in [-0.2, -0.15) is 0 Å². The van der Waals surface area contributed by atoms with Gasteiger partial charge in [0.25, 0.3) is 0 Å². The van der Waals surface area contributed by atoms with Gasteiger partial charge in [0.15, 0.2) is 5.75 Å². The third-order valence-electron chi connectivity index (χ3n) is 4.27. The average Bonchev–Trinajstić information content (AvgIpc) is 2.74. The number of aliphatic hydroxyl groups excluding tert-OH is 2. The van der Waals surface area contributed by atoms with Gasteiger partial charge in [-0.15, -0.1) is 0 Å². The Kier molecular flexibility index (Phi) is 9.14. The predicted octanol–water partition coefficient (Wildman–Crippen LogP) is 3.07. The van der Waals surface area contributed by atoms with Crippen LogP contribution < -0.4 is 14.8 Å². The van der Waals surface area contributed by atoms with Gasteiger partial charge in [0.1, 0.15) is 5.75 Å². The van der Waals surface area contributed by atoms with Crippen molar-refractivity contribution in [3.05, 3.63) is 48.0 Å². The molecule has 0 fully saturated rings. The molecule has 0 bridgehead atoms. The maximum absolute atomic E-state index is 11.7.